The van der Waals surface area contributed by atoms with Crippen LogP contribution < -0.4 is 21.3 Å². The van der Waals surface area contributed by atoms with Crippen LogP contribution in [0.5, 0.6) is 5.75 Å². The maximum atomic E-state index is 13.2. The molecule has 4 rings (SSSR count). The summed E-state index contributed by atoms with van der Waals surface area (Å²) in [6.07, 6.45) is 8.70. The van der Waals surface area contributed by atoms with Gasteiger partial charge in [0.1, 0.15) is 17.4 Å². The van der Waals surface area contributed by atoms with Gasteiger partial charge in [-0.2, -0.15) is 0 Å². The fourth-order valence-electron chi connectivity index (χ4n) is 4.48. The van der Waals surface area contributed by atoms with Gasteiger partial charge in [-0.05, 0) is 24.5 Å². The van der Waals surface area contributed by atoms with E-state index in [0.717, 1.165) is 29.9 Å². The molecular weight excluding hydrogens is 368 g/mol. The molecule has 1 saturated carbocycles. The molecule has 2 fully saturated rings. The van der Waals surface area contributed by atoms with Gasteiger partial charge in [-0.3, -0.25) is 15.5 Å². The van der Waals surface area contributed by atoms with Gasteiger partial charge in [-0.1, -0.05) is 36.4 Å². The van der Waals surface area contributed by atoms with Gasteiger partial charge < -0.3 is 15.5 Å². The number of benzene rings is 1. The van der Waals surface area contributed by atoms with E-state index in [4.69, 9.17) is 10.6 Å². The monoisotopic (exact) mass is 394 g/mol. The Hall–Kier alpha value is -2.86. The summed E-state index contributed by atoms with van der Waals surface area (Å²) in [7, 11) is 1.65. The Bertz CT molecular complexity index is 918. The molecule has 1 amide bonds. The van der Waals surface area contributed by atoms with E-state index in [1.807, 2.05) is 42.4 Å². The van der Waals surface area contributed by atoms with E-state index in [9.17, 15) is 9.59 Å². The number of nitrogens with two attached hydrogens (primary N) is 1. The second-order valence-electron chi connectivity index (χ2n) is 7.74. The molecule has 0 radical (unpaired) electrons. The van der Waals surface area contributed by atoms with Crippen LogP contribution in [0.4, 0.5) is 0 Å². The minimum atomic E-state index is -0.457. The SMILES string of the molecule is COc1ccccc1CCN[C@@H]1CC(=C=O)N(C23C=CCC(NN)=CC2C3)C1=O. The molecule has 152 valence electrons. The number of allylic oxidation sites excluding steroid dienone is 1. The Morgan fingerprint density at radius 2 is 2.21 bits per heavy atom. The lowest BCUT2D eigenvalue weighted by molar-refractivity contribution is -0.130. The Balaban J connectivity index is 1.45. The third-order valence-corrected chi connectivity index (χ3v) is 6.06. The first-order valence-electron chi connectivity index (χ1n) is 9.91. The van der Waals surface area contributed by atoms with Crippen molar-refractivity contribution < 1.29 is 14.3 Å². The zero-order chi connectivity index (χ0) is 20.4. The number of rotatable bonds is 7. The van der Waals surface area contributed by atoms with E-state index in [0.29, 0.717) is 25.1 Å². The number of likely N-dealkylation sites (tertiary alicyclic amines) is 1. The van der Waals surface area contributed by atoms with E-state index in [1.54, 1.807) is 12.0 Å². The molecule has 0 aromatic heterocycles. The van der Waals surface area contributed by atoms with Gasteiger partial charge in [0.2, 0.25) is 5.91 Å². The molecule has 1 heterocycles. The summed E-state index contributed by atoms with van der Waals surface area (Å²) in [4.78, 5) is 26.5. The topological polar surface area (TPSA) is 96.7 Å². The Morgan fingerprint density at radius 3 is 2.97 bits per heavy atom. The highest BCUT2D eigenvalue weighted by Crippen LogP contribution is 2.55. The molecule has 4 N–H and O–H groups in total. The van der Waals surface area contributed by atoms with Crippen molar-refractivity contribution in [1.82, 2.24) is 15.6 Å². The van der Waals surface area contributed by atoms with E-state index >= 15 is 0 Å². The van der Waals surface area contributed by atoms with E-state index < -0.39 is 11.6 Å². The number of para-hydroxylation sites is 1. The molecule has 1 aliphatic heterocycles. The van der Waals surface area contributed by atoms with Crippen molar-refractivity contribution in [3.05, 3.63) is 59.5 Å². The van der Waals surface area contributed by atoms with Crippen LogP contribution >= 0.6 is 0 Å². The Morgan fingerprint density at radius 1 is 1.38 bits per heavy atom. The molecule has 3 atom stereocenters. The molecule has 2 unspecified atom stereocenters. The van der Waals surface area contributed by atoms with Crippen molar-refractivity contribution in [2.75, 3.05) is 13.7 Å². The third-order valence-electron chi connectivity index (χ3n) is 6.06. The van der Waals surface area contributed by atoms with Gasteiger partial charge in [0, 0.05) is 31.0 Å². The molecule has 0 bridgehead atoms. The molecule has 0 spiro atoms. The Labute approximate surface area is 170 Å². The van der Waals surface area contributed by atoms with Crippen LogP contribution in [0.25, 0.3) is 0 Å². The molecule has 1 aromatic carbocycles. The van der Waals surface area contributed by atoms with Gasteiger partial charge >= 0.3 is 0 Å². The lowest BCUT2D eigenvalue weighted by Gasteiger charge is -2.26. The predicted molar refractivity (Wildman–Crippen MR) is 109 cm³/mol. The van der Waals surface area contributed by atoms with Crippen molar-refractivity contribution in [2.24, 2.45) is 11.8 Å². The van der Waals surface area contributed by atoms with Crippen LogP contribution in [0.3, 0.4) is 0 Å². The summed E-state index contributed by atoms with van der Waals surface area (Å²) in [5.41, 5.74) is 4.69. The van der Waals surface area contributed by atoms with Crippen LogP contribution in [0.1, 0.15) is 24.8 Å². The zero-order valence-electron chi connectivity index (χ0n) is 16.5. The molecule has 7 heteroatoms. The maximum Gasteiger partial charge on any atom is 0.245 e. The zero-order valence-corrected chi connectivity index (χ0v) is 16.5. The van der Waals surface area contributed by atoms with Gasteiger partial charge in [-0.25, -0.2) is 4.79 Å². The van der Waals surface area contributed by atoms with E-state index in [-0.39, 0.29) is 11.8 Å². The number of fused-ring (bicyclic) bond motifs is 1. The maximum absolute atomic E-state index is 13.2. The predicted octanol–water partition coefficient (Wildman–Crippen LogP) is 1.21. The number of carbonyl (C=O) groups excluding carboxylic acids is 2. The second-order valence-corrected chi connectivity index (χ2v) is 7.74. The average Bonchev–Trinajstić information content (AvgIpc) is 3.36. The summed E-state index contributed by atoms with van der Waals surface area (Å²) in [5.74, 6) is 8.50. The van der Waals surface area contributed by atoms with Crippen molar-refractivity contribution >= 4 is 11.8 Å². The standard InChI is InChI=1S/C22H26N4O3/c1-29-20-7-3-2-5-15(20)8-10-24-19-12-18(14-27)26(21(19)28)22-9-4-6-17(25-23)11-16(22)13-22/h2-5,7,9,11,16,19,24-25H,6,8,10,12-13,23H2,1H3/t16?,19-,22?/m1/s1. The second kappa shape index (κ2) is 7.87. The summed E-state index contributed by atoms with van der Waals surface area (Å²) in [6, 6.07) is 7.43. The fraction of sp³-hybridized carbons (Fsp3) is 0.409. The number of carbonyl (C=O) groups is 1. The summed E-state index contributed by atoms with van der Waals surface area (Å²) < 4.78 is 5.38. The number of amides is 1. The van der Waals surface area contributed by atoms with Crippen LogP contribution in [0, 0.1) is 5.92 Å². The molecule has 3 aliphatic rings. The largest absolute Gasteiger partial charge is 0.496 e. The molecule has 1 aromatic rings. The Kier molecular flexibility index (Phi) is 5.28. The van der Waals surface area contributed by atoms with Gasteiger partial charge in [0.05, 0.1) is 18.7 Å². The lowest BCUT2D eigenvalue weighted by Crippen LogP contribution is -2.44. The van der Waals surface area contributed by atoms with Gasteiger partial charge in [0.15, 0.2) is 0 Å². The normalized spacial score (nSPS) is 27.8. The highest BCUT2D eigenvalue weighted by Gasteiger charge is 2.61. The fourth-order valence-corrected chi connectivity index (χ4v) is 4.48. The molecule has 29 heavy (non-hydrogen) atoms. The lowest BCUT2D eigenvalue weighted by atomic mass is 10.1. The number of hydrazine groups is 1. The van der Waals surface area contributed by atoms with Crippen molar-refractivity contribution in [1.29, 1.82) is 0 Å². The van der Waals surface area contributed by atoms with Crippen LogP contribution in [0.15, 0.2) is 53.9 Å². The minimum Gasteiger partial charge on any atom is -0.496 e. The first-order valence-corrected chi connectivity index (χ1v) is 9.91. The number of ether oxygens (including phenoxy) is 1. The molecule has 1 saturated heterocycles. The first kappa shape index (κ1) is 19.5. The smallest absolute Gasteiger partial charge is 0.245 e. The third kappa shape index (κ3) is 3.49. The van der Waals surface area contributed by atoms with Gasteiger partial charge in [-0.15, -0.1) is 0 Å². The average molecular weight is 394 g/mol. The number of hydrogen-bond donors (Lipinski definition) is 3. The highest BCUT2D eigenvalue weighted by atomic mass is 16.5. The minimum absolute atomic E-state index is 0.0620. The van der Waals surface area contributed by atoms with Crippen molar-refractivity contribution in [2.45, 2.75) is 37.3 Å². The number of nitrogens with zero attached hydrogens (tertiary/aromatic N) is 1. The highest BCUT2D eigenvalue weighted by molar-refractivity contribution is 5.91. The van der Waals surface area contributed by atoms with Crippen LogP contribution in [-0.4, -0.2) is 42.0 Å². The number of hydrogen-bond acceptors (Lipinski definition) is 6. The molecule has 2 aliphatic carbocycles. The quantitative estimate of drug-likeness (QED) is 0.278. The summed E-state index contributed by atoms with van der Waals surface area (Å²) >= 11 is 0. The van der Waals surface area contributed by atoms with E-state index in [1.165, 1.54) is 0 Å². The van der Waals surface area contributed by atoms with Crippen LogP contribution in [-0.2, 0) is 16.0 Å². The van der Waals surface area contributed by atoms with Crippen LogP contribution in [0.2, 0.25) is 0 Å². The number of nitrogens with one attached hydrogen (secondary N) is 2. The summed E-state index contributed by atoms with van der Waals surface area (Å²) in [5, 5.41) is 3.32. The summed E-state index contributed by atoms with van der Waals surface area (Å²) in [6.45, 7) is 0.615. The number of methoxy groups -OCH3 is 1. The van der Waals surface area contributed by atoms with Crippen molar-refractivity contribution in [3.8, 4) is 5.75 Å². The van der Waals surface area contributed by atoms with Crippen molar-refractivity contribution in [3.63, 3.8) is 0 Å². The van der Waals surface area contributed by atoms with E-state index in [2.05, 4.69) is 16.8 Å². The first-order chi connectivity index (χ1) is 14.1. The molecule has 7 nitrogen and oxygen atoms in total. The molecular formula is C22H26N4O3. The van der Waals surface area contributed by atoms with Gasteiger partial charge in [0.25, 0.3) is 0 Å².